The van der Waals surface area contributed by atoms with Crippen LogP contribution in [0.4, 0.5) is 0 Å². The number of nitrogens with one attached hydrogen (secondary N) is 1. The van der Waals surface area contributed by atoms with E-state index in [2.05, 4.69) is 5.32 Å². The smallest absolute Gasteiger partial charge is 0.155 e. The number of rotatable bonds is 7. The maximum atomic E-state index is 12.0. The molecule has 22 heavy (non-hydrogen) atoms. The molecule has 1 aliphatic rings. The lowest BCUT2D eigenvalue weighted by Crippen LogP contribution is -2.34. The molecule has 0 heterocycles. The number of halogens is 1. The predicted octanol–water partition coefficient (Wildman–Crippen LogP) is 3.69. The summed E-state index contributed by atoms with van der Waals surface area (Å²) in [5.74, 6) is 0.288. The minimum atomic E-state index is -3.04. The lowest BCUT2D eigenvalue weighted by atomic mass is 9.96. The van der Waals surface area contributed by atoms with Gasteiger partial charge in [-0.15, -0.1) is 0 Å². The van der Waals surface area contributed by atoms with E-state index in [0.29, 0.717) is 17.6 Å². The summed E-state index contributed by atoms with van der Waals surface area (Å²) in [6.07, 6.45) is 9.71. The summed E-state index contributed by atoms with van der Waals surface area (Å²) in [5.41, 5.74) is 0.958. The van der Waals surface area contributed by atoms with Crippen molar-refractivity contribution in [1.29, 1.82) is 0 Å². The van der Waals surface area contributed by atoms with E-state index in [0.717, 1.165) is 5.56 Å². The molecule has 0 amide bonds. The summed E-state index contributed by atoms with van der Waals surface area (Å²) in [7, 11) is -3.04. The van der Waals surface area contributed by atoms with Gasteiger partial charge in [0.25, 0.3) is 0 Å². The van der Waals surface area contributed by atoms with Crippen molar-refractivity contribution >= 4 is 27.5 Å². The lowest BCUT2D eigenvalue weighted by molar-refractivity contribution is 0.380. The summed E-state index contributed by atoms with van der Waals surface area (Å²) < 4.78 is 24.0. The first-order valence-electron chi connectivity index (χ1n) is 7.91. The Morgan fingerprint density at radius 2 is 1.82 bits per heavy atom. The molecule has 5 heteroatoms. The van der Waals surface area contributed by atoms with Crippen LogP contribution < -0.4 is 5.32 Å². The van der Waals surface area contributed by atoms with Gasteiger partial charge in [0.15, 0.2) is 9.84 Å². The van der Waals surface area contributed by atoms with Gasteiger partial charge in [0.1, 0.15) is 0 Å². The van der Waals surface area contributed by atoms with E-state index < -0.39 is 9.84 Å². The minimum absolute atomic E-state index is 0.0853. The van der Waals surface area contributed by atoms with Crippen molar-refractivity contribution in [2.45, 2.75) is 38.1 Å². The predicted molar refractivity (Wildman–Crippen MR) is 94.0 cm³/mol. The first-order chi connectivity index (χ1) is 10.6. The summed E-state index contributed by atoms with van der Waals surface area (Å²) >= 11 is 5.81. The Labute approximate surface area is 138 Å². The molecule has 0 aliphatic heterocycles. The molecular weight excluding hydrogens is 318 g/mol. The maximum absolute atomic E-state index is 12.0. The number of benzene rings is 1. The van der Waals surface area contributed by atoms with Crippen LogP contribution in [0.2, 0.25) is 5.02 Å². The zero-order valence-corrected chi connectivity index (χ0v) is 14.4. The van der Waals surface area contributed by atoms with Crippen LogP contribution in [0, 0.1) is 0 Å². The average molecular weight is 342 g/mol. The van der Waals surface area contributed by atoms with E-state index in [4.69, 9.17) is 11.6 Å². The van der Waals surface area contributed by atoms with Crippen molar-refractivity contribution in [3.8, 4) is 0 Å². The first kappa shape index (κ1) is 17.5. The van der Waals surface area contributed by atoms with Gasteiger partial charge in [-0.05, 0) is 30.5 Å². The van der Waals surface area contributed by atoms with E-state index in [1.807, 2.05) is 18.2 Å². The molecule has 1 saturated carbocycles. The van der Waals surface area contributed by atoms with E-state index in [-0.39, 0.29) is 11.5 Å². The normalized spacial score (nSPS) is 17.1. The molecule has 0 atom stereocenters. The Kier molecular flexibility index (Phi) is 6.93. The highest BCUT2D eigenvalue weighted by Gasteiger charge is 2.14. The third-order valence-corrected chi connectivity index (χ3v) is 5.76. The van der Waals surface area contributed by atoms with Crippen LogP contribution in [0.5, 0.6) is 0 Å². The molecule has 1 aliphatic carbocycles. The molecule has 1 aromatic rings. The third-order valence-electron chi connectivity index (χ3n) is 3.98. The van der Waals surface area contributed by atoms with Crippen LogP contribution in [-0.2, 0) is 9.84 Å². The number of sulfone groups is 1. The molecule has 3 nitrogen and oxygen atoms in total. The Morgan fingerprint density at radius 3 is 2.50 bits per heavy atom. The van der Waals surface area contributed by atoms with Gasteiger partial charge in [0, 0.05) is 17.6 Å². The Bertz CT molecular complexity index is 575. The molecule has 0 aromatic heterocycles. The van der Waals surface area contributed by atoms with Crippen molar-refractivity contribution < 1.29 is 8.42 Å². The van der Waals surface area contributed by atoms with Gasteiger partial charge in [-0.25, -0.2) is 8.42 Å². The monoisotopic (exact) mass is 341 g/mol. The second kappa shape index (κ2) is 8.70. The zero-order valence-electron chi connectivity index (χ0n) is 12.8. The molecule has 122 valence electrons. The summed E-state index contributed by atoms with van der Waals surface area (Å²) in [6.45, 7) is 0.557. The highest BCUT2D eigenvalue weighted by Crippen LogP contribution is 2.17. The average Bonchev–Trinajstić information content (AvgIpc) is 2.50. The summed E-state index contributed by atoms with van der Waals surface area (Å²) in [4.78, 5) is 0. The van der Waals surface area contributed by atoms with Crippen molar-refractivity contribution in [2.75, 3.05) is 18.1 Å². The van der Waals surface area contributed by atoms with Gasteiger partial charge in [-0.2, -0.15) is 0 Å². The van der Waals surface area contributed by atoms with Gasteiger partial charge in [0.2, 0.25) is 0 Å². The second-order valence-corrected chi connectivity index (χ2v) is 8.52. The van der Waals surface area contributed by atoms with Gasteiger partial charge in [-0.3, -0.25) is 0 Å². The van der Waals surface area contributed by atoms with Crippen LogP contribution in [0.15, 0.2) is 30.3 Å². The highest BCUT2D eigenvalue weighted by molar-refractivity contribution is 7.91. The Morgan fingerprint density at radius 1 is 1.14 bits per heavy atom. The molecule has 1 N–H and O–H groups in total. The van der Waals surface area contributed by atoms with Gasteiger partial charge in [0.05, 0.1) is 11.5 Å². The van der Waals surface area contributed by atoms with Crippen LogP contribution in [0.25, 0.3) is 6.08 Å². The summed E-state index contributed by atoms with van der Waals surface area (Å²) in [5, 5.41) is 4.05. The molecule has 1 fully saturated rings. The third kappa shape index (κ3) is 6.51. The van der Waals surface area contributed by atoms with Crippen molar-refractivity contribution in [1.82, 2.24) is 5.32 Å². The van der Waals surface area contributed by atoms with Crippen LogP contribution in [0.3, 0.4) is 0 Å². The van der Waals surface area contributed by atoms with Crippen molar-refractivity contribution in [3.05, 3.63) is 40.9 Å². The van der Waals surface area contributed by atoms with Crippen molar-refractivity contribution in [2.24, 2.45) is 0 Å². The maximum Gasteiger partial charge on any atom is 0.155 e. The topological polar surface area (TPSA) is 46.2 Å². The van der Waals surface area contributed by atoms with E-state index >= 15 is 0 Å². The standard InChI is InChI=1S/C17H24ClNO2S/c18-16-10-8-15(9-11-16)5-4-13-22(20,21)14-12-19-17-6-2-1-3-7-17/h4-5,8-11,17,19H,1-3,6-7,12-14H2. The first-order valence-corrected chi connectivity index (χ1v) is 10.1. The SMILES string of the molecule is O=S(=O)(CC=Cc1ccc(Cl)cc1)CCNC1CCCCC1. The van der Waals surface area contributed by atoms with Crippen LogP contribution >= 0.6 is 11.6 Å². The Balaban J connectivity index is 1.72. The van der Waals surface area contributed by atoms with E-state index in [1.54, 1.807) is 18.2 Å². The van der Waals surface area contributed by atoms with E-state index in [9.17, 15) is 8.42 Å². The minimum Gasteiger partial charge on any atom is -0.313 e. The Hall–Kier alpha value is -0.840. The second-order valence-electron chi connectivity index (χ2n) is 5.86. The largest absolute Gasteiger partial charge is 0.313 e. The highest BCUT2D eigenvalue weighted by atomic mass is 35.5. The van der Waals surface area contributed by atoms with Gasteiger partial charge >= 0.3 is 0 Å². The molecule has 2 rings (SSSR count). The fourth-order valence-corrected chi connectivity index (χ4v) is 3.82. The van der Waals surface area contributed by atoms with Crippen LogP contribution in [-0.4, -0.2) is 32.5 Å². The van der Waals surface area contributed by atoms with Gasteiger partial charge in [-0.1, -0.05) is 55.1 Å². The van der Waals surface area contributed by atoms with Crippen molar-refractivity contribution in [3.63, 3.8) is 0 Å². The lowest BCUT2D eigenvalue weighted by Gasteiger charge is -2.22. The zero-order chi connectivity index (χ0) is 15.8. The van der Waals surface area contributed by atoms with Crippen LogP contribution in [0.1, 0.15) is 37.7 Å². The fourth-order valence-electron chi connectivity index (χ4n) is 2.71. The molecule has 0 unspecified atom stereocenters. The number of hydrogen-bond acceptors (Lipinski definition) is 3. The molecule has 0 spiro atoms. The molecular formula is C17H24ClNO2S. The fraction of sp³-hybridized carbons (Fsp3) is 0.529. The molecule has 0 saturated heterocycles. The quantitative estimate of drug-likeness (QED) is 0.822. The molecule has 0 bridgehead atoms. The molecule has 0 radical (unpaired) electrons. The molecule has 1 aromatic carbocycles. The van der Waals surface area contributed by atoms with Gasteiger partial charge < -0.3 is 5.32 Å². The number of hydrogen-bond donors (Lipinski definition) is 1. The summed E-state index contributed by atoms with van der Waals surface area (Å²) in [6, 6.07) is 7.84. The van der Waals surface area contributed by atoms with E-state index in [1.165, 1.54) is 32.1 Å².